The lowest BCUT2D eigenvalue weighted by atomic mass is 10.00. The molecule has 94 valence electrons. The number of methoxy groups -OCH3 is 1. The zero-order valence-corrected chi connectivity index (χ0v) is 10.8. The third-order valence-corrected chi connectivity index (χ3v) is 3.37. The van der Waals surface area contributed by atoms with Crippen LogP contribution in [0.2, 0.25) is 0 Å². The number of anilines is 1. The summed E-state index contributed by atoms with van der Waals surface area (Å²) in [5, 5.41) is 0. The Balaban J connectivity index is 2.04. The quantitative estimate of drug-likeness (QED) is 0.817. The maximum absolute atomic E-state index is 5.87. The largest absolute Gasteiger partial charge is 0.497 e. The number of rotatable bonds is 3. The molecule has 0 saturated carbocycles. The van der Waals surface area contributed by atoms with Gasteiger partial charge in [-0.1, -0.05) is 6.92 Å². The van der Waals surface area contributed by atoms with Crippen LogP contribution in [0.4, 0.5) is 5.69 Å². The van der Waals surface area contributed by atoms with Crippen molar-refractivity contribution in [2.24, 2.45) is 5.92 Å². The number of nitrogen functional groups attached to an aromatic ring is 1. The first kappa shape index (κ1) is 12.2. The molecule has 2 N–H and O–H groups in total. The van der Waals surface area contributed by atoms with Gasteiger partial charge in [0.25, 0.3) is 0 Å². The Bertz CT molecular complexity index is 378. The number of ether oxygens (including phenoxy) is 1. The maximum atomic E-state index is 5.87. The molecule has 1 aliphatic rings. The summed E-state index contributed by atoms with van der Waals surface area (Å²) in [6.07, 6.45) is 2.66. The Hall–Kier alpha value is -1.22. The molecular formula is C14H22N2O. The fourth-order valence-electron chi connectivity index (χ4n) is 2.58. The fraction of sp³-hybridized carbons (Fsp3) is 0.571. The number of hydrogen-bond donors (Lipinski definition) is 1. The van der Waals surface area contributed by atoms with Crippen molar-refractivity contribution in [3.8, 4) is 5.75 Å². The Morgan fingerprint density at radius 1 is 1.41 bits per heavy atom. The van der Waals surface area contributed by atoms with Gasteiger partial charge in [-0.3, -0.25) is 4.90 Å². The van der Waals surface area contributed by atoms with Crippen LogP contribution in [0, 0.1) is 5.92 Å². The predicted octanol–water partition coefficient (Wildman–Crippen LogP) is 2.51. The summed E-state index contributed by atoms with van der Waals surface area (Å²) in [5.74, 6) is 1.66. The second-order valence-corrected chi connectivity index (χ2v) is 5.10. The number of likely N-dealkylation sites (tertiary alicyclic amines) is 1. The van der Waals surface area contributed by atoms with Gasteiger partial charge in [0.1, 0.15) is 5.75 Å². The molecule has 1 saturated heterocycles. The zero-order valence-electron chi connectivity index (χ0n) is 10.8. The van der Waals surface area contributed by atoms with Crippen molar-refractivity contribution in [1.82, 2.24) is 4.90 Å². The molecule has 1 heterocycles. The molecule has 3 nitrogen and oxygen atoms in total. The minimum Gasteiger partial charge on any atom is -0.497 e. The van der Waals surface area contributed by atoms with E-state index in [-0.39, 0.29) is 0 Å². The first-order valence-electron chi connectivity index (χ1n) is 6.33. The van der Waals surface area contributed by atoms with E-state index >= 15 is 0 Å². The van der Waals surface area contributed by atoms with Crippen LogP contribution in [0.25, 0.3) is 0 Å². The van der Waals surface area contributed by atoms with E-state index < -0.39 is 0 Å². The molecule has 17 heavy (non-hydrogen) atoms. The van der Waals surface area contributed by atoms with Crippen molar-refractivity contribution >= 4 is 5.69 Å². The van der Waals surface area contributed by atoms with Crippen LogP contribution in [-0.2, 0) is 6.54 Å². The van der Waals surface area contributed by atoms with Crippen LogP contribution in [0.15, 0.2) is 18.2 Å². The lowest BCUT2D eigenvalue weighted by Gasteiger charge is -2.30. The van der Waals surface area contributed by atoms with E-state index in [0.717, 1.165) is 23.9 Å². The minimum atomic E-state index is 0.782. The Morgan fingerprint density at radius 3 is 2.94 bits per heavy atom. The number of hydrogen-bond acceptors (Lipinski definition) is 3. The normalized spacial score (nSPS) is 21.4. The second-order valence-electron chi connectivity index (χ2n) is 5.10. The van der Waals surface area contributed by atoms with E-state index in [2.05, 4.69) is 17.9 Å². The van der Waals surface area contributed by atoms with E-state index in [1.54, 1.807) is 7.11 Å². The first-order chi connectivity index (χ1) is 8.17. The topological polar surface area (TPSA) is 38.5 Å². The van der Waals surface area contributed by atoms with E-state index in [0.29, 0.717) is 0 Å². The van der Waals surface area contributed by atoms with Crippen LogP contribution >= 0.6 is 0 Å². The lowest BCUT2D eigenvalue weighted by Crippen LogP contribution is -2.33. The summed E-state index contributed by atoms with van der Waals surface area (Å²) in [6, 6.07) is 5.99. The van der Waals surface area contributed by atoms with Gasteiger partial charge in [0, 0.05) is 24.8 Å². The fourth-order valence-corrected chi connectivity index (χ4v) is 2.58. The summed E-state index contributed by atoms with van der Waals surface area (Å²) in [7, 11) is 1.68. The minimum absolute atomic E-state index is 0.782. The molecular weight excluding hydrogens is 212 g/mol. The Labute approximate surface area is 104 Å². The number of nitrogens with two attached hydrogens (primary N) is 1. The van der Waals surface area contributed by atoms with Gasteiger partial charge >= 0.3 is 0 Å². The van der Waals surface area contributed by atoms with Gasteiger partial charge in [0.2, 0.25) is 0 Å². The summed E-state index contributed by atoms with van der Waals surface area (Å²) >= 11 is 0. The van der Waals surface area contributed by atoms with Crippen molar-refractivity contribution < 1.29 is 4.74 Å². The van der Waals surface area contributed by atoms with Crippen LogP contribution in [0.5, 0.6) is 5.75 Å². The Morgan fingerprint density at radius 2 is 2.24 bits per heavy atom. The molecule has 0 aromatic heterocycles. The summed E-state index contributed by atoms with van der Waals surface area (Å²) in [6.45, 7) is 5.69. The number of nitrogens with zero attached hydrogens (tertiary/aromatic N) is 1. The van der Waals surface area contributed by atoms with E-state index in [1.807, 2.05) is 12.1 Å². The average Bonchev–Trinajstić information content (AvgIpc) is 2.28. The van der Waals surface area contributed by atoms with Gasteiger partial charge in [0.05, 0.1) is 7.11 Å². The van der Waals surface area contributed by atoms with E-state index in [9.17, 15) is 0 Å². The number of benzene rings is 1. The number of piperidine rings is 1. The second kappa shape index (κ2) is 5.41. The van der Waals surface area contributed by atoms with Gasteiger partial charge in [-0.2, -0.15) is 0 Å². The molecule has 1 aliphatic heterocycles. The van der Waals surface area contributed by atoms with E-state index in [4.69, 9.17) is 10.5 Å². The van der Waals surface area contributed by atoms with Crippen LogP contribution in [0.3, 0.4) is 0 Å². The lowest BCUT2D eigenvalue weighted by molar-refractivity contribution is 0.176. The summed E-state index contributed by atoms with van der Waals surface area (Å²) in [4.78, 5) is 2.50. The van der Waals surface area contributed by atoms with E-state index in [1.165, 1.54) is 31.5 Å². The van der Waals surface area contributed by atoms with Crippen molar-refractivity contribution in [2.75, 3.05) is 25.9 Å². The molecule has 0 spiro atoms. The van der Waals surface area contributed by atoms with Gasteiger partial charge in [-0.15, -0.1) is 0 Å². The molecule has 1 atom stereocenters. The molecule has 1 aromatic rings. The highest BCUT2D eigenvalue weighted by atomic mass is 16.5. The Kier molecular flexibility index (Phi) is 3.89. The average molecular weight is 234 g/mol. The van der Waals surface area contributed by atoms with Crippen molar-refractivity contribution in [2.45, 2.75) is 26.3 Å². The van der Waals surface area contributed by atoms with Crippen molar-refractivity contribution in [3.05, 3.63) is 23.8 Å². The highest BCUT2D eigenvalue weighted by Crippen LogP contribution is 2.22. The predicted molar refractivity (Wildman–Crippen MR) is 71.1 cm³/mol. The zero-order chi connectivity index (χ0) is 12.3. The van der Waals surface area contributed by atoms with Crippen LogP contribution in [0.1, 0.15) is 25.3 Å². The smallest absolute Gasteiger partial charge is 0.121 e. The first-order valence-corrected chi connectivity index (χ1v) is 6.33. The molecule has 0 radical (unpaired) electrons. The molecule has 0 aliphatic carbocycles. The maximum Gasteiger partial charge on any atom is 0.121 e. The molecule has 3 heteroatoms. The van der Waals surface area contributed by atoms with Gasteiger partial charge in [-0.25, -0.2) is 0 Å². The molecule has 1 aromatic carbocycles. The van der Waals surface area contributed by atoms with Gasteiger partial charge < -0.3 is 10.5 Å². The molecule has 0 amide bonds. The molecule has 0 bridgehead atoms. The van der Waals surface area contributed by atoms with Crippen molar-refractivity contribution in [1.29, 1.82) is 0 Å². The van der Waals surface area contributed by atoms with Crippen molar-refractivity contribution in [3.63, 3.8) is 0 Å². The molecule has 1 fully saturated rings. The third kappa shape index (κ3) is 3.37. The molecule has 2 rings (SSSR count). The highest BCUT2D eigenvalue weighted by molar-refractivity contribution is 5.47. The van der Waals surface area contributed by atoms with Gasteiger partial charge in [0.15, 0.2) is 0 Å². The van der Waals surface area contributed by atoms with Gasteiger partial charge in [-0.05, 0) is 43.0 Å². The highest BCUT2D eigenvalue weighted by Gasteiger charge is 2.16. The standard InChI is InChI=1S/C14H22N2O/c1-11-4-3-5-16(9-11)10-12-6-13(15)8-14(7-12)17-2/h6-8,11H,3-5,9-10,15H2,1-2H3. The van der Waals surface area contributed by atoms with Crippen LogP contribution < -0.4 is 10.5 Å². The summed E-state index contributed by atoms with van der Waals surface area (Å²) in [5.41, 5.74) is 7.90. The molecule has 1 unspecified atom stereocenters. The SMILES string of the molecule is COc1cc(N)cc(CN2CCCC(C)C2)c1. The monoisotopic (exact) mass is 234 g/mol. The van der Waals surface area contributed by atoms with Crippen LogP contribution in [-0.4, -0.2) is 25.1 Å². The third-order valence-electron chi connectivity index (χ3n) is 3.37. The summed E-state index contributed by atoms with van der Waals surface area (Å²) < 4.78 is 5.25.